The molecule has 0 N–H and O–H groups in total. The van der Waals surface area contributed by atoms with Gasteiger partial charge in [-0.25, -0.2) is 4.68 Å². The molecule has 0 aliphatic heterocycles. The molecule has 0 saturated heterocycles. The molecule has 2 aromatic rings. The van der Waals surface area contributed by atoms with Gasteiger partial charge in [-0.05, 0) is 33.6 Å². The highest BCUT2D eigenvalue weighted by Gasteiger charge is 2.31. The van der Waals surface area contributed by atoms with Gasteiger partial charge in [0, 0.05) is 21.2 Å². The standard InChI is InChI=1S/C10H7F3IN3S/c1-6-2-3-7(10(11,12)13)4-8(6)17-5-9(18-14)15-16-17/h2-5H,1H3. The van der Waals surface area contributed by atoms with E-state index >= 15 is 0 Å². The highest BCUT2D eigenvalue weighted by molar-refractivity contribution is 14.2. The van der Waals surface area contributed by atoms with Gasteiger partial charge in [-0.1, -0.05) is 11.3 Å². The van der Waals surface area contributed by atoms with Gasteiger partial charge in [-0.3, -0.25) is 0 Å². The van der Waals surface area contributed by atoms with E-state index in [4.69, 9.17) is 0 Å². The first kappa shape index (κ1) is 13.7. The predicted molar refractivity (Wildman–Crippen MR) is 71.0 cm³/mol. The fraction of sp³-hybridized carbons (Fsp3) is 0.200. The summed E-state index contributed by atoms with van der Waals surface area (Å²) in [5.74, 6) is 0. The average Bonchev–Trinajstić information content (AvgIpc) is 2.76. The van der Waals surface area contributed by atoms with Gasteiger partial charge in [-0.15, -0.1) is 5.10 Å². The Balaban J connectivity index is 2.49. The molecule has 1 aromatic carbocycles. The molecule has 0 saturated carbocycles. The van der Waals surface area contributed by atoms with E-state index in [1.807, 2.05) is 21.2 Å². The number of aromatic nitrogens is 3. The SMILES string of the molecule is Cc1ccc(C(F)(F)F)cc1-n1cc(SI)nn1. The van der Waals surface area contributed by atoms with Crippen LogP contribution in [0.4, 0.5) is 13.2 Å². The number of hydrogen-bond donors (Lipinski definition) is 0. The summed E-state index contributed by atoms with van der Waals surface area (Å²) in [6.45, 7) is 1.73. The zero-order valence-corrected chi connectivity index (χ0v) is 12.0. The molecule has 18 heavy (non-hydrogen) atoms. The summed E-state index contributed by atoms with van der Waals surface area (Å²) in [6, 6.07) is 3.56. The van der Waals surface area contributed by atoms with Crippen molar-refractivity contribution < 1.29 is 13.2 Å². The van der Waals surface area contributed by atoms with Crippen LogP contribution in [0.5, 0.6) is 0 Å². The van der Waals surface area contributed by atoms with Gasteiger partial charge in [-0.2, -0.15) is 13.2 Å². The first-order valence-corrected chi connectivity index (χ1v) is 8.17. The van der Waals surface area contributed by atoms with Crippen LogP contribution in [0.2, 0.25) is 0 Å². The lowest BCUT2D eigenvalue weighted by Crippen LogP contribution is -2.07. The molecule has 1 aromatic heterocycles. The van der Waals surface area contributed by atoms with Crippen LogP contribution >= 0.6 is 30.1 Å². The van der Waals surface area contributed by atoms with Gasteiger partial charge in [0.1, 0.15) is 5.03 Å². The summed E-state index contributed by atoms with van der Waals surface area (Å²) < 4.78 is 39.3. The van der Waals surface area contributed by atoms with E-state index in [2.05, 4.69) is 10.3 Å². The Bertz CT molecular complexity index is 568. The Hall–Kier alpha value is -0.770. The van der Waals surface area contributed by atoms with Crippen LogP contribution < -0.4 is 0 Å². The van der Waals surface area contributed by atoms with Crippen LogP contribution in [-0.4, -0.2) is 15.0 Å². The summed E-state index contributed by atoms with van der Waals surface area (Å²) in [5, 5.41) is 8.29. The molecule has 0 radical (unpaired) electrons. The van der Waals surface area contributed by atoms with Crippen LogP contribution in [0.25, 0.3) is 5.69 Å². The summed E-state index contributed by atoms with van der Waals surface area (Å²) in [5.41, 5.74) is 0.397. The molecule has 0 atom stereocenters. The number of nitrogens with zero attached hydrogens (tertiary/aromatic N) is 3. The van der Waals surface area contributed by atoms with Gasteiger partial charge >= 0.3 is 6.18 Å². The van der Waals surface area contributed by atoms with E-state index in [-0.39, 0.29) is 0 Å². The number of aryl methyl sites for hydroxylation is 1. The normalized spacial score (nSPS) is 11.8. The zero-order valence-electron chi connectivity index (χ0n) is 9.07. The maximum atomic E-state index is 12.6. The first-order chi connectivity index (χ1) is 8.41. The minimum atomic E-state index is -4.36. The fourth-order valence-corrected chi connectivity index (χ4v) is 2.25. The molecule has 0 bridgehead atoms. The second-order valence-electron chi connectivity index (χ2n) is 3.58. The molecule has 3 nitrogen and oxygen atoms in total. The van der Waals surface area contributed by atoms with Crippen molar-refractivity contribution in [2.45, 2.75) is 18.1 Å². The highest BCUT2D eigenvalue weighted by atomic mass is 127. The maximum absolute atomic E-state index is 12.6. The van der Waals surface area contributed by atoms with Gasteiger partial charge in [0.2, 0.25) is 0 Å². The van der Waals surface area contributed by atoms with E-state index < -0.39 is 11.7 Å². The lowest BCUT2D eigenvalue weighted by Gasteiger charge is -2.10. The molecule has 0 aliphatic rings. The van der Waals surface area contributed by atoms with Crippen LogP contribution in [-0.2, 0) is 6.18 Å². The van der Waals surface area contributed by atoms with Crippen LogP contribution in [0.1, 0.15) is 11.1 Å². The van der Waals surface area contributed by atoms with Gasteiger partial charge < -0.3 is 0 Å². The van der Waals surface area contributed by atoms with Crippen molar-refractivity contribution in [2.24, 2.45) is 0 Å². The monoisotopic (exact) mass is 385 g/mol. The third kappa shape index (κ3) is 2.79. The van der Waals surface area contributed by atoms with Crippen LogP contribution in [0.15, 0.2) is 29.4 Å². The molecule has 0 fully saturated rings. The molecule has 8 heteroatoms. The van der Waals surface area contributed by atoms with Crippen LogP contribution in [0.3, 0.4) is 0 Å². The van der Waals surface area contributed by atoms with E-state index in [9.17, 15) is 13.2 Å². The molecule has 2 rings (SSSR count). The van der Waals surface area contributed by atoms with E-state index in [0.29, 0.717) is 16.3 Å². The minimum Gasteiger partial charge on any atom is -0.219 e. The summed E-state index contributed by atoms with van der Waals surface area (Å²) in [7, 11) is 1.35. The first-order valence-electron chi connectivity index (χ1n) is 4.81. The molecular weight excluding hydrogens is 378 g/mol. The zero-order chi connectivity index (χ0) is 13.3. The fourth-order valence-electron chi connectivity index (χ4n) is 1.43. The molecule has 0 unspecified atom stereocenters. The third-order valence-corrected chi connectivity index (χ3v) is 4.03. The number of halogens is 4. The molecule has 0 aliphatic carbocycles. The lowest BCUT2D eigenvalue weighted by atomic mass is 10.1. The Morgan fingerprint density at radius 3 is 2.61 bits per heavy atom. The maximum Gasteiger partial charge on any atom is 0.416 e. The molecule has 0 spiro atoms. The quantitative estimate of drug-likeness (QED) is 0.732. The lowest BCUT2D eigenvalue weighted by molar-refractivity contribution is -0.137. The van der Waals surface area contributed by atoms with Crippen molar-refractivity contribution in [2.75, 3.05) is 0 Å². The smallest absolute Gasteiger partial charge is 0.219 e. The predicted octanol–water partition coefficient (Wildman–Crippen LogP) is 4.04. The van der Waals surface area contributed by atoms with Crippen LogP contribution in [0, 0.1) is 6.92 Å². The van der Waals surface area contributed by atoms with Gasteiger partial charge in [0.05, 0.1) is 17.4 Å². The largest absolute Gasteiger partial charge is 0.416 e. The van der Waals surface area contributed by atoms with E-state index in [0.717, 1.165) is 12.1 Å². The van der Waals surface area contributed by atoms with Crippen molar-refractivity contribution in [1.29, 1.82) is 0 Å². The Labute approximate surface area is 117 Å². The Kier molecular flexibility index (Phi) is 3.85. The second kappa shape index (κ2) is 5.08. The van der Waals surface area contributed by atoms with Crippen molar-refractivity contribution in [3.63, 3.8) is 0 Å². The molecule has 1 heterocycles. The van der Waals surface area contributed by atoms with E-state index in [1.54, 1.807) is 13.1 Å². The number of benzene rings is 1. The van der Waals surface area contributed by atoms with Crippen molar-refractivity contribution >= 4 is 30.1 Å². The van der Waals surface area contributed by atoms with Crippen molar-refractivity contribution in [1.82, 2.24) is 15.0 Å². The number of alkyl halides is 3. The summed E-state index contributed by atoms with van der Waals surface area (Å²) in [4.78, 5) is 0. The average molecular weight is 385 g/mol. The van der Waals surface area contributed by atoms with Crippen molar-refractivity contribution in [3.8, 4) is 5.69 Å². The molecule has 96 valence electrons. The number of hydrogen-bond acceptors (Lipinski definition) is 3. The third-order valence-electron chi connectivity index (χ3n) is 2.33. The van der Waals surface area contributed by atoms with E-state index in [1.165, 1.54) is 19.7 Å². The summed E-state index contributed by atoms with van der Waals surface area (Å²) in [6.07, 6.45) is -2.76. The molecular formula is C10H7F3IN3S. The second-order valence-corrected chi connectivity index (χ2v) is 5.47. The topological polar surface area (TPSA) is 30.7 Å². The number of rotatable bonds is 2. The Morgan fingerprint density at radius 1 is 1.33 bits per heavy atom. The molecule has 0 amide bonds. The van der Waals surface area contributed by atoms with Gasteiger partial charge in [0.15, 0.2) is 0 Å². The summed E-state index contributed by atoms with van der Waals surface area (Å²) >= 11 is 2.04. The minimum absolute atomic E-state index is 0.383. The Morgan fingerprint density at radius 2 is 2.06 bits per heavy atom. The van der Waals surface area contributed by atoms with Gasteiger partial charge in [0.25, 0.3) is 0 Å². The highest BCUT2D eigenvalue weighted by Crippen LogP contribution is 2.31. The van der Waals surface area contributed by atoms with Crippen molar-refractivity contribution in [3.05, 3.63) is 35.5 Å².